The van der Waals surface area contributed by atoms with E-state index >= 15 is 0 Å². The summed E-state index contributed by atoms with van der Waals surface area (Å²) in [5.41, 5.74) is 2.83. The van der Waals surface area contributed by atoms with Crippen LogP contribution in [0.25, 0.3) is 0 Å². The second kappa shape index (κ2) is 7.61. The molecule has 116 valence electrons. The molecule has 0 atom stereocenters. The highest BCUT2D eigenvalue weighted by Gasteiger charge is 2.18. The van der Waals surface area contributed by atoms with Crippen LogP contribution >= 0.6 is 11.6 Å². The van der Waals surface area contributed by atoms with Crippen molar-refractivity contribution in [2.45, 2.75) is 39.0 Å². The van der Waals surface area contributed by atoms with E-state index in [2.05, 4.69) is 22.7 Å². The number of amides is 1. The molecular formula is C15H23ClN4O. The van der Waals surface area contributed by atoms with Gasteiger partial charge in [-0.1, -0.05) is 44.2 Å². The average molecular weight is 311 g/mol. The molecule has 1 amide bonds. The monoisotopic (exact) mass is 310 g/mol. The van der Waals surface area contributed by atoms with Gasteiger partial charge in [0.25, 0.3) is 5.91 Å². The van der Waals surface area contributed by atoms with E-state index in [0.717, 1.165) is 18.3 Å². The molecule has 0 saturated heterocycles. The molecule has 1 aromatic heterocycles. The zero-order valence-corrected chi connectivity index (χ0v) is 13.1. The molecule has 1 aliphatic carbocycles. The third-order valence-corrected chi connectivity index (χ3v) is 4.50. The Morgan fingerprint density at radius 3 is 2.76 bits per heavy atom. The molecule has 1 aromatic rings. The van der Waals surface area contributed by atoms with Gasteiger partial charge in [-0.15, -0.1) is 0 Å². The van der Waals surface area contributed by atoms with Gasteiger partial charge < -0.3 is 10.7 Å². The Morgan fingerprint density at radius 2 is 2.14 bits per heavy atom. The molecule has 0 aliphatic heterocycles. The van der Waals surface area contributed by atoms with Crippen LogP contribution in [0.4, 0.5) is 5.82 Å². The number of halogens is 1. The number of carbonyl (C=O) groups is 1. The molecule has 1 saturated carbocycles. The first kappa shape index (κ1) is 16.0. The van der Waals surface area contributed by atoms with Crippen LogP contribution in [0.5, 0.6) is 0 Å². The van der Waals surface area contributed by atoms with Crippen LogP contribution in [-0.2, 0) is 0 Å². The molecule has 0 bridgehead atoms. The Bertz CT molecular complexity index is 487. The second-order valence-electron chi connectivity index (χ2n) is 5.87. The molecule has 0 unspecified atom stereocenters. The lowest BCUT2D eigenvalue weighted by Gasteiger charge is -2.26. The summed E-state index contributed by atoms with van der Waals surface area (Å²) in [4.78, 5) is 16.0. The molecule has 1 aliphatic rings. The maximum Gasteiger partial charge on any atom is 0.252 e. The third kappa shape index (κ3) is 4.58. The third-order valence-electron chi connectivity index (χ3n) is 4.21. The smallest absolute Gasteiger partial charge is 0.252 e. The second-order valence-corrected chi connectivity index (χ2v) is 6.28. The van der Waals surface area contributed by atoms with Crippen LogP contribution in [0.1, 0.15) is 49.4 Å². The van der Waals surface area contributed by atoms with Crippen LogP contribution in [0, 0.1) is 11.8 Å². The Kier molecular flexibility index (Phi) is 5.82. The van der Waals surface area contributed by atoms with Gasteiger partial charge in [0.15, 0.2) is 5.82 Å². The Hall–Kier alpha value is -1.33. The highest BCUT2D eigenvalue weighted by atomic mass is 35.5. The molecule has 2 rings (SSSR count). The zero-order chi connectivity index (χ0) is 15.2. The van der Waals surface area contributed by atoms with Gasteiger partial charge in [0.1, 0.15) is 0 Å². The number of nitrogens with zero attached hydrogens (tertiary/aromatic N) is 1. The molecule has 21 heavy (non-hydrogen) atoms. The number of hydrogen-bond donors (Lipinski definition) is 3. The Labute approximate surface area is 130 Å². The summed E-state index contributed by atoms with van der Waals surface area (Å²) in [6, 6.07) is 1.57. The molecule has 4 N–H and O–H groups in total. The lowest BCUT2D eigenvalue weighted by atomic mass is 9.81. The van der Waals surface area contributed by atoms with Gasteiger partial charge in [-0.25, -0.2) is 10.8 Å². The minimum absolute atomic E-state index is 0.142. The van der Waals surface area contributed by atoms with Crippen molar-refractivity contribution in [2.75, 3.05) is 12.0 Å². The number of aromatic nitrogens is 1. The standard InChI is InChI=1S/C15H23ClN4O/c1-10-2-4-11(5-3-10)6-7-18-15(21)12-8-13(16)14(20-17)19-9-12/h8-11H,2-7,17H2,1H3,(H,18,21)(H,19,20). The summed E-state index contributed by atoms with van der Waals surface area (Å²) in [6.45, 7) is 3.01. The number of rotatable bonds is 5. The van der Waals surface area contributed by atoms with Gasteiger partial charge in [0.2, 0.25) is 0 Å². The van der Waals surface area contributed by atoms with Crippen LogP contribution in [0.15, 0.2) is 12.3 Å². The van der Waals surface area contributed by atoms with E-state index in [4.69, 9.17) is 17.4 Å². The van der Waals surface area contributed by atoms with Crippen LogP contribution in [0.2, 0.25) is 5.02 Å². The van der Waals surface area contributed by atoms with Crippen molar-refractivity contribution in [3.8, 4) is 0 Å². The van der Waals surface area contributed by atoms with Crippen LogP contribution in [0.3, 0.4) is 0 Å². The summed E-state index contributed by atoms with van der Waals surface area (Å²) < 4.78 is 0. The van der Waals surface area contributed by atoms with E-state index in [1.165, 1.54) is 31.9 Å². The quantitative estimate of drug-likeness (QED) is 0.577. The van der Waals surface area contributed by atoms with E-state index < -0.39 is 0 Å². The fourth-order valence-electron chi connectivity index (χ4n) is 2.78. The van der Waals surface area contributed by atoms with Crippen molar-refractivity contribution in [1.82, 2.24) is 10.3 Å². The minimum atomic E-state index is -0.142. The lowest BCUT2D eigenvalue weighted by Crippen LogP contribution is -2.27. The molecule has 1 fully saturated rings. The van der Waals surface area contributed by atoms with Crippen molar-refractivity contribution in [3.63, 3.8) is 0 Å². The van der Waals surface area contributed by atoms with Crippen molar-refractivity contribution >= 4 is 23.3 Å². The zero-order valence-electron chi connectivity index (χ0n) is 12.4. The highest BCUT2D eigenvalue weighted by Crippen LogP contribution is 2.29. The number of nitrogens with two attached hydrogens (primary N) is 1. The predicted octanol–water partition coefficient (Wildman–Crippen LogP) is 2.97. The van der Waals surface area contributed by atoms with E-state index in [-0.39, 0.29) is 5.91 Å². The SMILES string of the molecule is CC1CCC(CCNC(=O)c2cnc(NN)c(Cl)c2)CC1. The molecular weight excluding hydrogens is 288 g/mol. The number of carbonyl (C=O) groups excluding carboxylic acids is 1. The van der Waals surface area contributed by atoms with Crippen LogP contribution < -0.4 is 16.6 Å². The predicted molar refractivity (Wildman–Crippen MR) is 85.1 cm³/mol. The lowest BCUT2D eigenvalue weighted by molar-refractivity contribution is 0.0949. The fourth-order valence-corrected chi connectivity index (χ4v) is 3.00. The average Bonchev–Trinajstić information content (AvgIpc) is 2.49. The van der Waals surface area contributed by atoms with Gasteiger partial charge >= 0.3 is 0 Å². The first-order valence-electron chi connectivity index (χ1n) is 7.50. The number of pyridine rings is 1. The first-order chi connectivity index (χ1) is 10.1. The van der Waals surface area contributed by atoms with E-state index in [1.54, 1.807) is 6.07 Å². The summed E-state index contributed by atoms with van der Waals surface area (Å²) in [7, 11) is 0. The highest BCUT2D eigenvalue weighted by molar-refractivity contribution is 6.33. The molecule has 6 heteroatoms. The molecule has 0 aromatic carbocycles. The number of nitrogens with one attached hydrogen (secondary N) is 2. The van der Waals surface area contributed by atoms with Gasteiger partial charge in [0.05, 0.1) is 10.6 Å². The Balaban J connectivity index is 1.78. The largest absolute Gasteiger partial charge is 0.352 e. The number of nitrogen functional groups attached to an aromatic ring is 1. The van der Waals surface area contributed by atoms with Gasteiger partial charge in [-0.05, 0) is 24.3 Å². The summed E-state index contributed by atoms with van der Waals surface area (Å²) >= 11 is 5.96. The van der Waals surface area contributed by atoms with Gasteiger partial charge in [-0.2, -0.15) is 0 Å². The minimum Gasteiger partial charge on any atom is -0.352 e. The maximum absolute atomic E-state index is 12.0. The van der Waals surface area contributed by atoms with E-state index in [9.17, 15) is 4.79 Å². The first-order valence-corrected chi connectivity index (χ1v) is 7.88. The van der Waals surface area contributed by atoms with E-state index in [0.29, 0.717) is 22.9 Å². The number of hydrogen-bond acceptors (Lipinski definition) is 4. The van der Waals surface area contributed by atoms with Gasteiger partial charge in [0, 0.05) is 12.7 Å². The maximum atomic E-state index is 12.0. The van der Waals surface area contributed by atoms with Gasteiger partial charge in [-0.3, -0.25) is 4.79 Å². The van der Waals surface area contributed by atoms with Crippen molar-refractivity contribution in [3.05, 3.63) is 22.8 Å². The van der Waals surface area contributed by atoms with Crippen molar-refractivity contribution < 1.29 is 4.79 Å². The van der Waals surface area contributed by atoms with E-state index in [1.807, 2.05) is 0 Å². The molecule has 0 spiro atoms. The normalized spacial score (nSPS) is 21.9. The van der Waals surface area contributed by atoms with Crippen LogP contribution in [-0.4, -0.2) is 17.4 Å². The number of anilines is 1. The molecule has 1 heterocycles. The number of hydrazine groups is 1. The molecule has 5 nitrogen and oxygen atoms in total. The summed E-state index contributed by atoms with van der Waals surface area (Å²) in [5, 5.41) is 3.27. The Morgan fingerprint density at radius 1 is 1.43 bits per heavy atom. The van der Waals surface area contributed by atoms with Crippen molar-refractivity contribution in [2.24, 2.45) is 17.7 Å². The molecule has 0 radical (unpaired) electrons. The summed E-state index contributed by atoms with van der Waals surface area (Å²) in [6.07, 6.45) is 7.70. The fraction of sp³-hybridized carbons (Fsp3) is 0.600. The summed E-state index contributed by atoms with van der Waals surface area (Å²) in [5.74, 6) is 7.08. The van der Waals surface area contributed by atoms with Crippen molar-refractivity contribution in [1.29, 1.82) is 0 Å². The topological polar surface area (TPSA) is 80.0 Å².